The average Bonchev–Trinajstić information content (AvgIpc) is 3.36. The first-order valence-corrected chi connectivity index (χ1v) is 8.99. The van der Waals surface area contributed by atoms with E-state index in [4.69, 9.17) is 0 Å². The number of hydrogen-bond donors (Lipinski definition) is 1. The summed E-state index contributed by atoms with van der Waals surface area (Å²) < 4.78 is 1.82. The average molecular weight is 325 g/mol. The smallest absolute Gasteiger partial charge is 0.261 e. The number of nitrogens with one attached hydrogen (secondary N) is 1. The number of carbonyl (C=O) groups excluding carboxylic acids is 1. The van der Waals surface area contributed by atoms with Crippen LogP contribution >= 0.6 is 0 Å². The molecule has 2 fully saturated rings. The first-order chi connectivity index (χ1) is 11.7. The first kappa shape index (κ1) is 15.4. The maximum absolute atomic E-state index is 12.8. The van der Waals surface area contributed by atoms with Crippen LogP contribution in [-0.2, 0) is 11.2 Å². The van der Waals surface area contributed by atoms with Gasteiger partial charge in [-0.05, 0) is 43.7 Å². The molecule has 0 saturated heterocycles. The fourth-order valence-corrected chi connectivity index (χ4v) is 3.35. The summed E-state index contributed by atoms with van der Waals surface area (Å²) in [5.41, 5.74) is 0.761. The van der Waals surface area contributed by atoms with Crippen molar-refractivity contribution in [2.75, 3.05) is 6.54 Å². The molecule has 0 aliphatic heterocycles. The Bertz CT molecular complexity index is 819. The predicted octanol–water partition coefficient (Wildman–Crippen LogP) is 2.58. The second-order valence-electron chi connectivity index (χ2n) is 7.05. The van der Waals surface area contributed by atoms with Crippen molar-refractivity contribution in [2.45, 2.75) is 51.0 Å². The minimum absolute atomic E-state index is 0.0352. The lowest BCUT2D eigenvalue weighted by Crippen LogP contribution is -2.33. The van der Waals surface area contributed by atoms with Crippen molar-refractivity contribution in [3.8, 4) is 0 Å². The Morgan fingerprint density at radius 1 is 1.21 bits per heavy atom. The lowest BCUT2D eigenvalue weighted by Gasteiger charge is -2.25. The van der Waals surface area contributed by atoms with Crippen LogP contribution in [0.4, 0.5) is 0 Å². The summed E-state index contributed by atoms with van der Waals surface area (Å²) in [5.74, 6) is 1.48. The standard InChI is InChI=1S/C19H23N3O2/c23-18(20-12-13-4-3-5-13)11-10-17-21-16-7-2-1-6-15(16)19(24)22(17)14-8-9-14/h1-2,6-7,13-14H,3-5,8-12H2,(H,20,23). The Balaban J connectivity index is 1.51. The fourth-order valence-electron chi connectivity index (χ4n) is 3.35. The summed E-state index contributed by atoms with van der Waals surface area (Å²) >= 11 is 0. The number of nitrogens with zero attached hydrogens (tertiary/aromatic N) is 2. The van der Waals surface area contributed by atoms with Gasteiger partial charge in [0.15, 0.2) is 0 Å². The number of amides is 1. The number of para-hydroxylation sites is 1. The van der Waals surface area contributed by atoms with Crippen LogP contribution in [0.15, 0.2) is 29.1 Å². The normalized spacial score (nSPS) is 17.7. The number of benzene rings is 1. The number of aromatic nitrogens is 2. The molecule has 5 nitrogen and oxygen atoms in total. The Hall–Kier alpha value is -2.17. The molecule has 24 heavy (non-hydrogen) atoms. The molecule has 0 spiro atoms. The van der Waals surface area contributed by atoms with E-state index in [0.717, 1.165) is 30.7 Å². The number of hydrogen-bond acceptors (Lipinski definition) is 3. The molecule has 1 N–H and O–H groups in total. The third kappa shape index (κ3) is 3.07. The van der Waals surface area contributed by atoms with Gasteiger partial charge in [0.2, 0.25) is 5.91 Å². The van der Waals surface area contributed by atoms with E-state index in [2.05, 4.69) is 10.3 Å². The second kappa shape index (κ2) is 6.38. The van der Waals surface area contributed by atoms with Crippen LogP contribution in [0.3, 0.4) is 0 Å². The van der Waals surface area contributed by atoms with Crippen molar-refractivity contribution in [1.82, 2.24) is 14.9 Å². The number of fused-ring (bicyclic) bond motifs is 1. The minimum Gasteiger partial charge on any atom is -0.356 e. The summed E-state index contributed by atoms with van der Waals surface area (Å²) in [5, 5.41) is 3.69. The molecule has 2 saturated carbocycles. The molecule has 0 atom stereocenters. The van der Waals surface area contributed by atoms with E-state index in [1.165, 1.54) is 19.3 Å². The van der Waals surface area contributed by atoms with Crippen LogP contribution in [0, 0.1) is 5.92 Å². The number of rotatable bonds is 6. The highest BCUT2D eigenvalue weighted by Crippen LogP contribution is 2.34. The van der Waals surface area contributed by atoms with E-state index < -0.39 is 0 Å². The summed E-state index contributed by atoms with van der Waals surface area (Å²) in [6.45, 7) is 0.791. The molecule has 1 aromatic heterocycles. The largest absolute Gasteiger partial charge is 0.356 e. The lowest BCUT2D eigenvalue weighted by atomic mass is 9.85. The van der Waals surface area contributed by atoms with Crippen LogP contribution in [0.5, 0.6) is 0 Å². The topological polar surface area (TPSA) is 64.0 Å². The van der Waals surface area contributed by atoms with E-state index in [0.29, 0.717) is 24.1 Å². The third-order valence-electron chi connectivity index (χ3n) is 5.18. The quantitative estimate of drug-likeness (QED) is 0.888. The summed E-state index contributed by atoms with van der Waals surface area (Å²) in [7, 11) is 0. The molecule has 0 radical (unpaired) electrons. The molecule has 4 rings (SSSR count). The summed E-state index contributed by atoms with van der Waals surface area (Å²) in [6.07, 6.45) is 6.72. The van der Waals surface area contributed by atoms with Gasteiger partial charge in [0.1, 0.15) is 5.82 Å². The summed E-state index contributed by atoms with van der Waals surface area (Å²) in [6, 6.07) is 7.73. The van der Waals surface area contributed by atoms with Crippen molar-refractivity contribution in [3.63, 3.8) is 0 Å². The van der Waals surface area contributed by atoms with Crippen LogP contribution in [-0.4, -0.2) is 22.0 Å². The van der Waals surface area contributed by atoms with Crippen LogP contribution in [0.25, 0.3) is 10.9 Å². The van der Waals surface area contributed by atoms with Crippen LogP contribution in [0.1, 0.15) is 50.4 Å². The maximum atomic E-state index is 12.8. The maximum Gasteiger partial charge on any atom is 0.261 e. The molecule has 126 valence electrons. The van der Waals surface area contributed by atoms with Gasteiger partial charge in [0, 0.05) is 25.4 Å². The molecule has 2 aliphatic rings. The first-order valence-electron chi connectivity index (χ1n) is 8.99. The van der Waals surface area contributed by atoms with Crippen molar-refractivity contribution >= 4 is 16.8 Å². The molecule has 2 aromatic rings. The zero-order valence-electron chi connectivity index (χ0n) is 13.8. The molecule has 1 aromatic carbocycles. The number of aryl methyl sites for hydroxylation is 1. The van der Waals surface area contributed by atoms with Gasteiger partial charge in [0.05, 0.1) is 10.9 Å². The Morgan fingerprint density at radius 3 is 2.71 bits per heavy atom. The van der Waals surface area contributed by atoms with Crippen molar-refractivity contribution in [2.24, 2.45) is 5.92 Å². The molecular weight excluding hydrogens is 302 g/mol. The van der Waals surface area contributed by atoms with E-state index in [-0.39, 0.29) is 17.5 Å². The minimum atomic E-state index is 0.0352. The SMILES string of the molecule is O=C(CCc1nc2ccccc2c(=O)n1C1CC1)NCC1CCC1. The lowest BCUT2D eigenvalue weighted by molar-refractivity contribution is -0.121. The molecule has 5 heteroatoms. The van der Waals surface area contributed by atoms with Gasteiger partial charge in [0.25, 0.3) is 5.56 Å². The molecule has 0 bridgehead atoms. The molecule has 0 unspecified atom stereocenters. The molecule has 2 aliphatic carbocycles. The third-order valence-corrected chi connectivity index (χ3v) is 5.18. The van der Waals surface area contributed by atoms with E-state index in [1.807, 2.05) is 28.8 Å². The highest BCUT2D eigenvalue weighted by Gasteiger charge is 2.28. The van der Waals surface area contributed by atoms with E-state index >= 15 is 0 Å². The van der Waals surface area contributed by atoms with Gasteiger partial charge < -0.3 is 5.32 Å². The van der Waals surface area contributed by atoms with Gasteiger partial charge in [-0.1, -0.05) is 18.6 Å². The van der Waals surface area contributed by atoms with Gasteiger partial charge in [-0.2, -0.15) is 0 Å². The highest BCUT2D eigenvalue weighted by atomic mass is 16.1. The summed E-state index contributed by atoms with van der Waals surface area (Å²) in [4.78, 5) is 29.5. The van der Waals surface area contributed by atoms with Gasteiger partial charge in [-0.25, -0.2) is 4.98 Å². The predicted molar refractivity (Wildman–Crippen MR) is 92.9 cm³/mol. The van der Waals surface area contributed by atoms with Gasteiger partial charge in [-0.15, -0.1) is 0 Å². The van der Waals surface area contributed by atoms with E-state index in [1.54, 1.807) is 0 Å². The molecular formula is C19H23N3O2. The number of carbonyl (C=O) groups is 1. The highest BCUT2D eigenvalue weighted by molar-refractivity contribution is 5.78. The fraction of sp³-hybridized carbons (Fsp3) is 0.526. The zero-order valence-corrected chi connectivity index (χ0v) is 13.8. The van der Waals surface area contributed by atoms with Crippen molar-refractivity contribution < 1.29 is 4.79 Å². The van der Waals surface area contributed by atoms with Gasteiger partial charge >= 0.3 is 0 Å². The molecule has 1 amide bonds. The monoisotopic (exact) mass is 325 g/mol. The van der Waals surface area contributed by atoms with Gasteiger partial charge in [-0.3, -0.25) is 14.2 Å². The van der Waals surface area contributed by atoms with Crippen molar-refractivity contribution in [1.29, 1.82) is 0 Å². The zero-order chi connectivity index (χ0) is 16.5. The molecule has 1 heterocycles. The Labute approximate surface area is 141 Å². The Morgan fingerprint density at radius 2 is 2.00 bits per heavy atom. The van der Waals surface area contributed by atoms with Crippen LogP contribution in [0.2, 0.25) is 0 Å². The second-order valence-corrected chi connectivity index (χ2v) is 7.05. The van der Waals surface area contributed by atoms with Crippen molar-refractivity contribution in [3.05, 3.63) is 40.4 Å². The Kier molecular flexibility index (Phi) is 4.08. The van der Waals surface area contributed by atoms with Crippen LogP contribution < -0.4 is 10.9 Å². The van der Waals surface area contributed by atoms with E-state index in [9.17, 15) is 9.59 Å².